The summed E-state index contributed by atoms with van der Waals surface area (Å²) in [6.45, 7) is 0.858. The summed E-state index contributed by atoms with van der Waals surface area (Å²) in [5.74, 6) is -0.388. The van der Waals surface area contributed by atoms with Crippen molar-refractivity contribution in [1.82, 2.24) is 10.6 Å². The Morgan fingerprint density at radius 2 is 1.92 bits per heavy atom. The summed E-state index contributed by atoms with van der Waals surface area (Å²) >= 11 is 0. The third-order valence-corrected chi connectivity index (χ3v) is 4.28. The fraction of sp³-hybridized carbons (Fsp3) is 0.300. The molecular weight excluding hydrogens is 335 g/mol. The van der Waals surface area contributed by atoms with Crippen LogP contribution in [0, 0.1) is 5.82 Å². The number of carbonyl (C=O) groups excluding carboxylic acids is 2. The molecule has 26 heavy (non-hydrogen) atoms. The van der Waals surface area contributed by atoms with Crippen LogP contribution < -0.4 is 15.4 Å². The lowest BCUT2D eigenvalue weighted by molar-refractivity contribution is -0.122. The zero-order valence-electron chi connectivity index (χ0n) is 14.3. The van der Waals surface area contributed by atoms with Gasteiger partial charge in [0.05, 0.1) is 5.56 Å². The maximum atomic E-state index is 13.0. The van der Waals surface area contributed by atoms with Crippen molar-refractivity contribution in [2.75, 3.05) is 6.54 Å². The lowest BCUT2D eigenvalue weighted by atomic mass is 10.1. The van der Waals surface area contributed by atoms with E-state index in [0.29, 0.717) is 24.3 Å². The quantitative estimate of drug-likeness (QED) is 0.866. The molecule has 136 valence electrons. The van der Waals surface area contributed by atoms with E-state index in [1.165, 1.54) is 12.1 Å². The smallest absolute Gasteiger partial charge is 0.255 e. The Labute approximate surface area is 151 Å². The molecule has 2 aromatic rings. The van der Waals surface area contributed by atoms with Crippen LogP contribution in [0.3, 0.4) is 0 Å². The first kappa shape index (κ1) is 17.9. The molecule has 0 aliphatic carbocycles. The molecule has 0 saturated carbocycles. The number of hydrogen-bond acceptors (Lipinski definition) is 3. The average Bonchev–Trinajstić information content (AvgIpc) is 2.86. The monoisotopic (exact) mass is 356 g/mol. The summed E-state index contributed by atoms with van der Waals surface area (Å²) in [4.78, 5) is 24.6. The third-order valence-electron chi connectivity index (χ3n) is 4.28. The fourth-order valence-corrected chi connectivity index (χ4v) is 2.83. The highest BCUT2D eigenvalue weighted by Crippen LogP contribution is 2.20. The number of rotatable bonds is 5. The van der Waals surface area contributed by atoms with E-state index in [1.807, 2.05) is 0 Å². The van der Waals surface area contributed by atoms with Gasteiger partial charge in [-0.3, -0.25) is 9.59 Å². The van der Waals surface area contributed by atoms with Crippen molar-refractivity contribution in [2.24, 2.45) is 0 Å². The number of hydrogen-bond donors (Lipinski definition) is 2. The molecule has 0 spiro atoms. The van der Waals surface area contributed by atoms with Gasteiger partial charge in [0.25, 0.3) is 5.91 Å². The van der Waals surface area contributed by atoms with E-state index in [2.05, 4.69) is 10.6 Å². The normalized spacial score (nSPS) is 17.1. The molecule has 1 fully saturated rings. The third kappa shape index (κ3) is 4.59. The Morgan fingerprint density at radius 1 is 1.15 bits per heavy atom. The molecule has 2 aromatic carbocycles. The number of carbonyl (C=O) groups is 2. The molecular formula is C20H21FN2O3. The number of amides is 2. The molecule has 1 atom stereocenters. The van der Waals surface area contributed by atoms with Gasteiger partial charge in [-0.2, -0.15) is 0 Å². The summed E-state index contributed by atoms with van der Waals surface area (Å²) in [5.41, 5.74) is 1.16. The van der Waals surface area contributed by atoms with Gasteiger partial charge in [-0.1, -0.05) is 24.3 Å². The molecule has 0 aromatic heterocycles. The van der Waals surface area contributed by atoms with Crippen LogP contribution in [-0.4, -0.2) is 24.4 Å². The topological polar surface area (TPSA) is 67.4 Å². The van der Waals surface area contributed by atoms with Gasteiger partial charge in [0.15, 0.2) is 0 Å². The molecule has 2 amide bonds. The van der Waals surface area contributed by atoms with E-state index in [4.69, 9.17) is 4.74 Å². The minimum absolute atomic E-state index is 0.152. The SMILES string of the molecule is O=C(NC1CCCCNC1=O)c1ccccc1OCc1ccc(F)cc1. The first-order chi connectivity index (χ1) is 12.6. The predicted octanol–water partition coefficient (Wildman–Crippen LogP) is 2.80. The van der Waals surface area contributed by atoms with Gasteiger partial charge >= 0.3 is 0 Å². The van der Waals surface area contributed by atoms with E-state index in [1.54, 1.807) is 36.4 Å². The zero-order valence-corrected chi connectivity index (χ0v) is 14.3. The zero-order chi connectivity index (χ0) is 18.4. The van der Waals surface area contributed by atoms with Crippen LogP contribution in [0.25, 0.3) is 0 Å². The Balaban J connectivity index is 1.68. The van der Waals surface area contributed by atoms with Crippen LogP contribution in [0.5, 0.6) is 5.75 Å². The Morgan fingerprint density at radius 3 is 2.73 bits per heavy atom. The van der Waals surface area contributed by atoms with Crippen molar-refractivity contribution in [1.29, 1.82) is 0 Å². The number of halogens is 1. The van der Waals surface area contributed by atoms with Gasteiger partial charge in [-0.05, 0) is 49.1 Å². The number of para-hydroxylation sites is 1. The molecule has 0 bridgehead atoms. The maximum absolute atomic E-state index is 13.0. The van der Waals surface area contributed by atoms with Crippen LogP contribution in [0.4, 0.5) is 4.39 Å². The number of nitrogens with one attached hydrogen (secondary N) is 2. The fourth-order valence-electron chi connectivity index (χ4n) is 2.83. The van der Waals surface area contributed by atoms with Crippen LogP contribution in [-0.2, 0) is 11.4 Å². The second-order valence-electron chi connectivity index (χ2n) is 6.22. The van der Waals surface area contributed by atoms with Gasteiger partial charge in [0.1, 0.15) is 24.2 Å². The van der Waals surface area contributed by atoms with Crippen molar-refractivity contribution in [3.8, 4) is 5.75 Å². The van der Waals surface area contributed by atoms with Crippen molar-refractivity contribution in [3.05, 3.63) is 65.5 Å². The largest absolute Gasteiger partial charge is 0.488 e. The van der Waals surface area contributed by atoms with Crippen molar-refractivity contribution in [3.63, 3.8) is 0 Å². The van der Waals surface area contributed by atoms with Crippen LogP contribution in [0.1, 0.15) is 35.2 Å². The van der Waals surface area contributed by atoms with Gasteiger partial charge in [0.2, 0.25) is 5.91 Å². The van der Waals surface area contributed by atoms with Crippen LogP contribution in [0.15, 0.2) is 48.5 Å². The summed E-state index contributed by atoms with van der Waals surface area (Å²) in [6, 6.07) is 12.3. The van der Waals surface area contributed by atoms with Crippen LogP contribution >= 0.6 is 0 Å². The Kier molecular flexibility index (Phi) is 5.84. The summed E-state index contributed by atoms with van der Waals surface area (Å²) < 4.78 is 18.7. The lowest BCUT2D eigenvalue weighted by Crippen LogP contribution is -2.45. The molecule has 1 unspecified atom stereocenters. The number of ether oxygens (including phenoxy) is 1. The van der Waals surface area contributed by atoms with Crippen molar-refractivity contribution < 1.29 is 18.7 Å². The summed E-state index contributed by atoms with van der Waals surface area (Å²) in [5, 5.41) is 5.59. The van der Waals surface area contributed by atoms with E-state index >= 15 is 0 Å². The van der Waals surface area contributed by atoms with Crippen molar-refractivity contribution in [2.45, 2.75) is 31.9 Å². The summed E-state index contributed by atoms with van der Waals surface area (Å²) in [7, 11) is 0. The molecule has 1 aliphatic heterocycles. The number of benzene rings is 2. The van der Waals surface area contributed by atoms with Gasteiger partial charge in [0, 0.05) is 6.54 Å². The highest BCUT2D eigenvalue weighted by molar-refractivity contribution is 5.99. The molecule has 1 heterocycles. The second kappa shape index (κ2) is 8.47. The van der Waals surface area contributed by atoms with Gasteiger partial charge in [-0.25, -0.2) is 4.39 Å². The average molecular weight is 356 g/mol. The Hall–Kier alpha value is -2.89. The van der Waals surface area contributed by atoms with Crippen molar-refractivity contribution >= 4 is 11.8 Å². The predicted molar refractivity (Wildman–Crippen MR) is 95.3 cm³/mol. The van der Waals surface area contributed by atoms with E-state index in [0.717, 1.165) is 18.4 Å². The molecule has 3 rings (SSSR count). The second-order valence-corrected chi connectivity index (χ2v) is 6.22. The molecule has 6 heteroatoms. The maximum Gasteiger partial charge on any atom is 0.255 e. The molecule has 1 aliphatic rings. The minimum atomic E-state index is -0.532. The van der Waals surface area contributed by atoms with E-state index < -0.39 is 6.04 Å². The molecule has 2 N–H and O–H groups in total. The summed E-state index contributed by atoms with van der Waals surface area (Å²) in [6.07, 6.45) is 2.41. The highest BCUT2D eigenvalue weighted by Gasteiger charge is 2.24. The first-order valence-corrected chi connectivity index (χ1v) is 8.68. The Bertz CT molecular complexity index is 777. The highest BCUT2D eigenvalue weighted by atomic mass is 19.1. The van der Waals surface area contributed by atoms with Gasteiger partial charge < -0.3 is 15.4 Å². The van der Waals surface area contributed by atoms with E-state index in [-0.39, 0.29) is 24.2 Å². The molecule has 5 nitrogen and oxygen atoms in total. The molecule has 1 saturated heterocycles. The van der Waals surface area contributed by atoms with E-state index in [9.17, 15) is 14.0 Å². The lowest BCUT2D eigenvalue weighted by Gasteiger charge is -2.17. The van der Waals surface area contributed by atoms with Gasteiger partial charge in [-0.15, -0.1) is 0 Å². The first-order valence-electron chi connectivity index (χ1n) is 8.68. The minimum Gasteiger partial charge on any atom is -0.488 e. The molecule has 0 radical (unpaired) electrons. The standard InChI is InChI=1S/C20H21FN2O3/c21-15-10-8-14(9-11-15)13-26-18-7-2-1-5-16(18)19(24)23-17-6-3-4-12-22-20(17)25/h1-2,5,7-11,17H,3-4,6,12-13H2,(H,22,25)(H,23,24). The van der Waals surface area contributed by atoms with Crippen LogP contribution in [0.2, 0.25) is 0 Å².